The maximum absolute atomic E-state index is 9.15. The van der Waals surface area contributed by atoms with E-state index in [-0.39, 0.29) is 0 Å². The van der Waals surface area contributed by atoms with Gasteiger partial charge < -0.3 is 10.1 Å². The third-order valence-electron chi connectivity index (χ3n) is 2.79. The van der Waals surface area contributed by atoms with Crippen LogP contribution in [-0.4, -0.2) is 17.2 Å². The smallest absolute Gasteiger partial charge is 0.102 e. The zero-order chi connectivity index (χ0) is 14.4. The average molecular weight is 253 g/mol. The van der Waals surface area contributed by atoms with E-state index in [0.717, 1.165) is 29.6 Å². The van der Waals surface area contributed by atoms with Gasteiger partial charge in [-0.05, 0) is 31.5 Å². The molecule has 96 valence electrons. The van der Waals surface area contributed by atoms with Gasteiger partial charge in [0.25, 0.3) is 0 Å². The maximum atomic E-state index is 9.15. The largest absolute Gasteiger partial charge is 0.400 e. The molecule has 19 heavy (non-hydrogen) atoms. The first kappa shape index (κ1) is 14.5. The Kier molecular flexibility index (Phi) is 4.88. The molecule has 4 heteroatoms. The summed E-state index contributed by atoms with van der Waals surface area (Å²) in [6.45, 7) is 3.83. The van der Waals surface area contributed by atoms with Gasteiger partial charge in [-0.3, -0.25) is 0 Å². The molecule has 0 unspecified atom stereocenters. The summed E-state index contributed by atoms with van der Waals surface area (Å²) in [5, 5.41) is 24.9. The molecule has 1 heterocycles. The standard InChI is InChI=1S/C14H11N3.CH4O/c1-9-13(8-16)14(10(2)17-9)12-5-3-11(7-15)4-6-12;1-2/h3-6,17H,1-2H3;2H,1H3. The molecular weight excluding hydrogens is 238 g/mol. The summed E-state index contributed by atoms with van der Waals surface area (Å²) in [7, 11) is 1.00. The van der Waals surface area contributed by atoms with Crippen LogP contribution in [0.4, 0.5) is 0 Å². The lowest BCUT2D eigenvalue weighted by Crippen LogP contribution is -1.83. The predicted molar refractivity (Wildman–Crippen MR) is 73.3 cm³/mol. The van der Waals surface area contributed by atoms with Crippen LogP contribution >= 0.6 is 0 Å². The Morgan fingerprint density at radius 2 is 1.53 bits per heavy atom. The normalized spacial score (nSPS) is 8.95. The number of nitriles is 2. The van der Waals surface area contributed by atoms with Crippen molar-refractivity contribution in [1.82, 2.24) is 4.98 Å². The summed E-state index contributed by atoms with van der Waals surface area (Å²) in [4.78, 5) is 3.17. The Bertz CT molecular complexity index is 640. The molecule has 2 N–H and O–H groups in total. The number of benzene rings is 1. The molecule has 1 aromatic heterocycles. The Morgan fingerprint density at radius 1 is 0.947 bits per heavy atom. The summed E-state index contributed by atoms with van der Waals surface area (Å²) in [6.07, 6.45) is 0. The number of rotatable bonds is 1. The van der Waals surface area contributed by atoms with Crippen LogP contribution in [0, 0.1) is 36.5 Å². The van der Waals surface area contributed by atoms with Crippen molar-refractivity contribution in [2.45, 2.75) is 13.8 Å². The van der Waals surface area contributed by atoms with Gasteiger partial charge in [0.2, 0.25) is 0 Å². The number of aryl methyl sites for hydroxylation is 2. The van der Waals surface area contributed by atoms with E-state index in [1.54, 1.807) is 12.1 Å². The topological polar surface area (TPSA) is 83.6 Å². The summed E-state index contributed by atoms with van der Waals surface area (Å²) in [6, 6.07) is 11.6. The monoisotopic (exact) mass is 253 g/mol. The summed E-state index contributed by atoms with van der Waals surface area (Å²) in [5.74, 6) is 0. The molecule has 4 nitrogen and oxygen atoms in total. The number of aromatic nitrogens is 1. The van der Waals surface area contributed by atoms with E-state index < -0.39 is 0 Å². The second kappa shape index (κ2) is 6.39. The van der Waals surface area contributed by atoms with Crippen LogP contribution in [0.1, 0.15) is 22.5 Å². The first-order valence-corrected chi connectivity index (χ1v) is 5.72. The minimum absolute atomic E-state index is 0.622. The highest BCUT2D eigenvalue weighted by molar-refractivity contribution is 5.74. The van der Waals surface area contributed by atoms with E-state index in [4.69, 9.17) is 15.6 Å². The number of aliphatic hydroxyl groups excluding tert-OH is 1. The van der Waals surface area contributed by atoms with Crippen molar-refractivity contribution in [3.05, 3.63) is 46.8 Å². The molecule has 0 aliphatic rings. The fourth-order valence-corrected chi connectivity index (χ4v) is 1.99. The molecule has 2 aromatic rings. The zero-order valence-electron chi connectivity index (χ0n) is 11.2. The van der Waals surface area contributed by atoms with E-state index in [9.17, 15) is 0 Å². The van der Waals surface area contributed by atoms with Crippen LogP contribution in [-0.2, 0) is 0 Å². The van der Waals surface area contributed by atoms with Crippen LogP contribution < -0.4 is 0 Å². The van der Waals surface area contributed by atoms with Crippen molar-refractivity contribution in [3.8, 4) is 23.3 Å². The molecule has 1 aromatic carbocycles. The highest BCUT2D eigenvalue weighted by Crippen LogP contribution is 2.29. The minimum Gasteiger partial charge on any atom is -0.400 e. The third-order valence-corrected chi connectivity index (χ3v) is 2.79. The quantitative estimate of drug-likeness (QED) is 0.819. The number of H-pyrrole nitrogens is 1. The zero-order valence-corrected chi connectivity index (χ0v) is 11.2. The maximum Gasteiger partial charge on any atom is 0.102 e. The number of hydrogen-bond donors (Lipinski definition) is 2. The van der Waals surface area contributed by atoms with E-state index in [2.05, 4.69) is 17.1 Å². The number of nitrogens with one attached hydrogen (secondary N) is 1. The highest BCUT2D eigenvalue weighted by atomic mass is 16.2. The van der Waals surface area contributed by atoms with Gasteiger partial charge in [0.1, 0.15) is 6.07 Å². The van der Waals surface area contributed by atoms with Crippen LogP contribution in [0.5, 0.6) is 0 Å². The highest BCUT2D eigenvalue weighted by Gasteiger charge is 2.13. The number of hydrogen-bond acceptors (Lipinski definition) is 3. The average Bonchev–Trinajstić information content (AvgIpc) is 2.75. The van der Waals surface area contributed by atoms with Crippen molar-refractivity contribution < 1.29 is 5.11 Å². The van der Waals surface area contributed by atoms with Gasteiger partial charge in [0, 0.05) is 24.1 Å². The Hall–Kier alpha value is -2.56. The Morgan fingerprint density at radius 3 is 2.00 bits per heavy atom. The van der Waals surface area contributed by atoms with Crippen molar-refractivity contribution in [2.75, 3.05) is 7.11 Å². The van der Waals surface area contributed by atoms with E-state index >= 15 is 0 Å². The SMILES string of the molecule is CO.Cc1[nH]c(C)c(-c2ccc(C#N)cc2)c1C#N. The molecule has 0 amide bonds. The lowest BCUT2D eigenvalue weighted by molar-refractivity contribution is 0.399. The van der Waals surface area contributed by atoms with Gasteiger partial charge in [-0.15, -0.1) is 0 Å². The third kappa shape index (κ3) is 2.82. The lowest BCUT2D eigenvalue weighted by atomic mass is 10.0. The van der Waals surface area contributed by atoms with E-state index in [1.807, 2.05) is 26.0 Å². The second-order valence-corrected chi connectivity index (χ2v) is 3.93. The van der Waals surface area contributed by atoms with E-state index in [1.165, 1.54) is 0 Å². The van der Waals surface area contributed by atoms with E-state index in [0.29, 0.717) is 11.1 Å². The van der Waals surface area contributed by atoms with Gasteiger partial charge in [0.15, 0.2) is 0 Å². The second-order valence-electron chi connectivity index (χ2n) is 3.93. The molecule has 0 bridgehead atoms. The number of aromatic amines is 1. The van der Waals surface area contributed by atoms with Gasteiger partial charge in [-0.25, -0.2) is 0 Å². The molecule has 0 spiro atoms. The lowest BCUT2D eigenvalue weighted by Gasteiger charge is -2.01. The minimum atomic E-state index is 0.622. The number of aliphatic hydroxyl groups is 1. The molecule has 2 rings (SSSR count). The molecule has 0 aliphatic heterocycles. The fourth-order valence-electron chi connectivity index (χ4n) is 1.99. The molecular formula is C15H15N3O. The predicted octanol–water partition coefficient (Wildman–Crippen LogP) is 2.65. The van der Waals surface area contributed by atoms with Crippen molar-refractivity contribution >= 4 is 0 Å². The molecule has 0 aliphatic carbocycles. The van der Waals surface area contributed by atoms with Gasteiger partial charge >= 0.3 is 0 Å². The summed E-state index contributed by atoms with van der Waals surface area (Å²) in [5.41, 5.74) is 5.04. The number of nitrogens with zero attached hydrogens (tertiary/aromatic N) is 2. The van der Waals surface area contributed by atoms with Crippen LogP contribution in [0.25, 0.3) is 11.1 Å². The first-order chi connectivity index (χ1) is 9.17. The van der Waals surface area contributed by atoms with Gasteiger partial charge in [0.05, 0.1) is 17.2 Å². The molecule has 0 saturated heterocycles. The van der Waals surface area contributed by atoms with Gasteiger partial charge in [-0.1, -0.05) is 12.1 Å². The van der Waals surface area contributed by atoms with Crippen LogP contribution in [0.3, 0.4) is 0 Å². The van der Waals surface area contributed by atoms with Gasteiger partial charge in [-0.2, -0.15) is 10.5 Å². The fraction of sp³-hybridized carbons (Fsp3) is 0.200. The summed E-state index contributed by atoms with van der Waals surface area (Å²) >= 11 is 0. The Balaban J connectivity index is 0.000000861. The Labute approximate surface area is 112 Å². The van der Waals surface area contributed by atoms with Crippen LogP contribution in [0.2, 0.25) is 0 Å². The van der Waals surface area contributed by atoms with Crippen molar-refractivity contribution in [1.29, 1.82) is 10.5 Å². The van der Waals surface area contributed by atoms with Crippen LogP contribution in [0.15, 0.2) is 24.3 Å². The molecule has 0 fully saturated rings. The van der Waals surface area contributed by atoms with Crippen molar-refractivity contribution in [2.24, 2.45) is 0 Å². The molecule has 0 atom stereocenters. The molecule has 0 saturated carbocycles. The molecule has 0 radical (unpaired) electrons. The van der Waals surface area contributed by atoms with Crippen molar-refractivity contribution in [3.63, 3.8) is 0 Å². The first-order valence-electron chi connectivity index (χ1n) is 5.72. The summed E-state index contributed by atoms with van der Waals surface area (Å²) < 4.78 is 0.